The third-order valence-corrected chi connectivity index (χ3v) is 11.6. The monoisotopic (exact) mass is 708 g/mol. The molecule has 1 aliphatic carbocycles. The van der Waals surface area contributed by atoms with E-state index in [2.05, 4.69) is 118 Å². The highest BCUT2D eigenvalue weighted by atomic mass is 35.5. The average molecular weight is 711 g/mol. The van der Waals surface area contributed by atoms with Gasteiger partial charge < -0.3 is 0 Å². The van der Waals surface area contributed by atoms with E-state index < -0.39 is 0 Å². The van der Waals surface area contributed by atoms with Gasteiger partial charge in [0.15, 0.2) is 0 Å². The van der Waals surface area contributed by atoms with E-state index in [0.717, 1.165) is 44.0 Å². The fourth-order valence-electron chi connectivity index (χ4n) is 7.21. The molecule has 5 heteroatoms. The van der Waals surface area contributed by atoms with Gasteiger partial charge in [0.25, 0.3) is 0 Å². The van der Waals surface area contributed by atoms with Gasteiger partial charge in [0.1, 0.15) is 0 Å². The van der Waals surface area contributed by atoms with Crippen LogP contribution in [0.3, 0.4) is 0 Å². The van der Waals surface area contributed by atoms with Crippen molar-refractivity contribution in [3.8, 4) is 33.4 Å². The van der Waals surface area contributed by atoms with Crippen molar-refractivity contribution < 1.29 is 0 Å². The van der Waals surface area contributed by atoms with Crippen molar-refractivity contribution in [1.29, 1.82) is 0 Å². The minimum Gasteiger partial charge on any atom is -0.0987 e. The third kappa shape index (κ3) is 4.97. The lowest BCUT2D eigenvalue weighted by Gasteiger charge is -2.24. The highest BCUT2D eigenvalue weighted by Gasteiger charge is 2.36. The highest BCUT2D eigenvalue weighted by molar-refractivity contribution is 6.56. The lowest BCUT2D eigenvalue weighted by Crippen LogP contribution is -2.16. The van der Waals surface area contributed by atoms with Gasteiger partial charge in [0, 0.05) is 11.0 Å². The predicted molar refractivity (Wildman–Crippen MR) is 208 cm³/mol. The molecule has 0 aromatic heterocycles. The quantitative estimate of drug-likeness (QED) is 0.0949. The lowest BCUT2D eigenvalue weighted by molar-refractivity contribution is 0.655. The van der Waals surface area contributed by atoms with Gasteiger partial charge >= 0.3 is 0 Å². The molecule has 0 atom stereocenters. The molecule has 232 valence electrons. The summed E-state index contributed by atoms with van der Waals surface area (Å²) in [4.78, 5) is 0. The van der Waals surface area contributed by atoms with Crippen LogP contribution in [0.2, 0.25) is 25.1 Å². The van der Waals surface area contributed by atoms with Gasteiger partial charge in [-0.05, 0) is 90.7 Å². The Morgan fingerprint density at radius 1 is 0.553 bits per heavy atom. The molecule has 0 saturated carbocycles. The van der Waals surface area contributed by atoms with Crippen LogP contribution in [0, 0.1) is 0 Å². The second-order valence-corrected chi connectivity index (χ2v) is 14.2. The van der Waals surface area contributed by atoms with Gasteiger partial charge in [0.05, 0.1) is 25.1 Å². The van der Waals surface area contributed by atoms with Crippen molar-refractivity contribution in [2.45, 2.75) is 26.2 Å². The fourth-order valence-corrected chi connectivity index (χ4v) is 8.57. The predicted octanol–water partition coefficient (Wildman–Crippen LogP) is 15.1. The molecule has 47 heavy (non-hydrogen) atoms. The molecule has 0 N–H and O–H groups in total. The molecule has 6 aromatic carbocycles. The summed E-state index contributed by atoms with van der Waals surface area (Å²) in [5.74, 6) is 0. The molecule has 0 aliphatic heterocycles. The zero-order chi connectivity index (χ0) is 33.2. The summed E-state index contributed by atoms with van der Waals surface area (Å²) >= 11 is 33.0. The van der Waals surface area contributed by atoms with Crippen LogP contribution in [0.15, 0.2) is 121 Å². The largest absolute Gasteiger partial charge is 0.0987 e. The minimum absolute atomic E-state index is 0.136. The van der Waals surface area contributed by atoms with Crippen LogP contribution < -0.4 is 0 Å². The number of hydrogen-bond acceptors (Lipinski definition) is 0. The molecule has 0 radical (unpaired) electrons. The summed E-state index contributed by atoms with van der Waals surface area (Å²) in [5, 5.41) is 5.46. The van der Waals surface area contributed by atoms with Crippen LogP contribution in [0.25, 0.3) is 60.5 Å². The van der Waals surface area contributed by atoms with Crippen molar-refractivity contribution >= 4 is 85.1 Å². The zero-order valence-corrected chi connectivity index (χ0v) is 29.8. The van der Waals surface area contributed by atoms with Crippen molar-refractivity contribution in [3.63, 3.8) is 0 Å². The molecular weight excluding hydrogens is 682 g/mol. The van der Waals surface area contributed by atoms with Gasteiger partial charge in [0.2, 0.25) is 0 Å². The topological polar surface area (TPSA) is 0 Å². The van der Waals surface area contributed by atoms with E-state index in [1.165, 1.54) is 27.7 Å². The maximum atomic E-state index is 6.80. The second kappa shape index (κ2) is 12.2. The molecular formula is C42H29Cl5. The summed E-state index contributed by atoms with van der Waals surface area (Å²) in [5.41, 5.74) is 10.6. The molecule has 0 nitrogen and oxygen atoms in total. The average Bonchev–Trinajstić information content (AvgIpc) is 3.30. The first-order chi connectivity index (χ1) is 22.6. The first-order valence-corrected chi connectivity index (χ1v) is 17.2. The number of allylic oxidation sites excluding steroid dienone is 5. The Morgan fingerprint density at radius 2 is 1.09 bits per heavy atom. The van der Waals surface area contributed by atoms with Gasteiger partial charge in [-0.1, -0.05) is 176 Å². The first kappa shape index (κ1) is 32.1. The Morgan fingerprint density at radius 3 is 1.70 bits per heavy atom. The lowest BCUT2D eigenvalue weighted by atomic mass is 9.79. The zero-order valence-electron chi connectivity index (χ0n) is 26.0. The Hall–Kier alpha value is -3.49. The van der Waals surface area contributed by atoms with E-state index in [-0.39, 0.29) is 30.5 Å². The van der Waals surface area contributed by atoms with Crippen LogP contribution in [0.1, 0.15) is 31.9 Å². The summed E-state index contributed by atoms with van der Waals surface area (Å²) in [6.45, 7) is 10.8. The summed E-state index contributed by atoms with van der Waals surface area (Å²) in [6, 6.07) is 32.3. The van der Waals surface area contributed by atoms with E-state index in [1.807, 2.05) is 18.2 Å². The smallest absolute Gasteiger partial charge is 0.0809 e. The van der Waals surface area contributed by atoms with Crippen LogP contribution in [-0.4, -0.2) is 0 Å². The summed E-state index contributed by atoms with van der Waals surface area (Å²) in [7, 11) is 0. The molecule has 0 saturated heterocycles. The van der Waals surface area contributed by atoms with Crippen molar-refractivity contribution in [2.75, 3.05) is 0 Å². The number of benzene rings is 6. The van der Waals surface area contributed by atoms with Crippen molar-refractivity contribution in [2.24, 2.45) is 0 Å². The fraction of sp³-hybridized carbons (Fsp3) is 0.0952. The molecule has 0 amide bonds. The molecule has 0 heterocycles. The normalized spacial score (nSPS) is 14.0. The van der Waals surface area contributed by atoms with E-state index >= 15 is 0 Å². The Kier molecular flexibility index (Phi) is 8.32. The van der Waals surface area contributed by atoms with Crippen molar-refractivity contribution in [1.82, 2.24) is 0 Å². The molecule has 0 fully saturated rings. The standard InChI is InChI=1S/C42H29Cl5/c1-5-12-26-27-19-17-25(22-33(27)42(3,4)32(26)6-2)35-29-16-11-10-15-28(29)34(23-13-8-7-9-14-23)31-21-24(18-20-30(31)35)36-37(43)39(45)41(47)40(46)38(36)44/h5-22H,2H2,1,3-4H3/b12-5-. The SMILES string of the molecule is C=CC1=C(/C=C\C)c2ccc(-c3c4ccccc4c(-c4ccccc4)c4cc(-c5c(Cl)c(Cl)c(Cl)c(Cl)c5Cl)ccc34)cc2C1(C)C. The Labute approximate surface area is 300 Å². The van der Waals surface area contributed by atoms with Crippen LogP contribution in [0.5, 0.6) is 0 Å². The first-order valence-electron chi connectivity index (χ1n) is 15.3. The second-order valence-electron chi connectivity index (χ2n) is 12.3. The molecule has 7 rings (SSSR count). The van der Waals surface area contributed by atoms with E-state index in [4.69, 9.17) is 58.0 Å². The van der Waals surface area contributed by atoms with E-state index in [1.54, 1.807) is 0 Å². The van der Waals surface area contributed by atoms with Gasteiger partial charge in [-0.3, -0.25) is 0 Å². The Bertz CT molecular complexity index is 2310. The molecule has 0 bridgehead atoms. The number of halogens is 5. The van der Waals surface area contributed by atoms with Gasteiger partial charge in [-0.15, -0.1) is 0 Å². The van der Waals surface area contributed by atoms with Gasteiger partial charge in [-0.25, -0.2) is 0 Å². The molecule has 1 aliphatic rings. The minimum atomic E-state index is -0.203. The van der Waals surface area contributed by atoms with Crippen LogP contribution in [-0.2, 0) is 5.41 Å². The third-order valence-electron chi connectivity index (χ3n) is 9.36. The molecule has 6 aromatic rings. The maximum absolute atomic E-state index is 6.80. The number of hydrogen-bond donors (Lipinski definition) is 0. The van der Waals surface area contributed by atoms with Crippen molar-refractivity contribution in [3.05, 3.63) is 158 Å². The van der Waals surface area contributed by atoms with Gasteiger partial charge in [-0.2, -0.15) is 0 Å². The Balaban J connectivity index is 1.59. The molecule has 0 unspecified atom stereocenters. The number of rotatable bonds is 5. The van der Waals surface area contributed by atoms with E-state index in [0.29, 0.717) is 5.56 Å². The molecule has 0 spiro atoms. The van der Waals surface area contributed by atoms with Crippen LogP contribution >= 0.6 is 58.0 Å². The summed E-state index contributed by atoms with van der Waals surface area (Å²) < 4.78 is 0. The maximum Gasteiger partial charge on any atom is 0.0809 e. The van der Waals surface area contributed by atoms with E-state index in [9.17, 15) is 0 Å². The number of fused-ring (bicyclic) bond motifs is 3. The summed E-state index contributed by atoms with van der Waals surface area (Å²) in [6.07, 6.45) is 6.29. The highest BCUT2D eigenvalue weighted by Crippen LogP contribution is 2.52. The van der Waals surface area contributed by atoms with Crippen LogP contribution in [0.4, 0.5) is 0 Å².